The molecule has 0 bridgehead atoms. The summed E-state index contributed by atoms with van der Waals surface area (Å²) in [5.74, 6) is -1.54. The maximum absolute atomic E-state index is 11.3. The standard InChI is InChI=1S/C11H20O7/c1-6(2)9(12)17-8(4)16-7(3)10(13)18-11(14)15-5/h6-8,11,14H,1-5H3. The van der Waals surface area contributed by atoms with Gasteiger partial charge in [-0.2, -0.15) is 0 Å². The number of rotatable bonds is 7. The van der Waals surface area contributed by atoms with Crippen molar-refractivity contribution in [3.8, 4) is 0 Å². The number of aliphatic hydroxyl groups excluding tert-OH is 1. The highest BCUT2D eigenvalue weighted by Crippen LogP contribution is 2.06. The van der Waals surface area contributed by atoms with Gasteiger partial charge in [-0.25, -0.2) is 4.79 Å². The molecule has 0 radical (unpaired) electrons. The van der Waals surface area contributed by atoms with Crippen LogP contribution in [-0.4, -0.2) is 43.0 Å². The highest BCUT2D eigenvalue weighted by molar-refractivity contribution is 5.74. The third kappa shape index (κ3) is 6.53. The minimum atomic E-state index is -1.64. The first-order valence-electron chi connectivity index (χ1n) is 5.55. The van der Waals surface area contributed by atoms with Crippen LogP contribution < -0.4 is 0 Å². The van der Waals surface area contributed by atoms with Gasteiger partial charge in [-0.1, -0.05) is 13.8 Å². The summed E-state index contributed by atoms with van der Waals surface area (Å²) in [6.45, 7) is 4.61. The van der Waals surface area contributed by atoms with Gasteiger partial charge < -0.3 is 24.1 Å². The van der Waals surface area contributed by atoms with E-state index in [1.165, 1.54) is 21.0 Å². The Bertz CT molecular complexity index is 277. The van der Waals surface area contributed by atoms with Gasteiger partial charge in [-0.15, -0.1) is 0 Å². The fourth-order valence-electron chi connectivity index (χ4n) is 0.914. The Hall–Kier alpha value is -1.18. The number of ether oxygens (including phenoxy) is 4. The number of hydrogen-bond acceptors (Lipinski definition) is 7. The molecule has 0 aliphatic rings. The molecule has 0 aromatic carbocycles. The van der Waals surface area contributed by atoms with Gasteiger partial charge in [-0.05, 0) is 13.8 Å². The lowest BCUT2D eigenvalue weighted by molar-refractivity contribution is -0.254. The molecule has 0 saturated heterocycles. The predicted molar refractivity (Wildman–Crippen MR) is 60.0 cm³/mol. The van der Waals surface area contributed by atoms with Crippen molar-refractivity contribution in [3.05, 3.63) is 0 Å². The van der Waals surface area contributed by atoms with E-state index in [1.807, 2.05) is 0 Å². The van der Waals surface area contributed by atoms with Crippen molar-refractivity contribution < 1.29 is 33.6 Å². The van der Waals surface area contributed by atoms with Crippen molar-refractivity contribution in [1.29, 1.82) is 0 Å². The van der Waals surface area contributed by atoms with Gasteiger partial charge >= 0.3 is 18.4 Å². The lowest BCUT2D eigenvalue weighted by atomic mass is 10.2. The summed E-state index contributed by atoms with van der Waals surface area (Å²) in [6.07, 6.45) is -1.88. The zero-order valence-electron chi connectivity index (χ0n) is 11.2. The molecule has 0 aromatic rings. The zero-order valence-corrected chi connectivity index (χ0v) is 11.2. The van der Waals surface area contributed by atoms with Crippen LogP contribution in [0.4, 0.5) is 0 Å². The van der Waals surface area contributed by atoms with Gasteiger partial charge in [0.1, 0.15) is 0 Å². The summed E-state index contributed by atoms with van der Waals surface area (Å²) >= 11 is 0. The van der Waals surface area contributed by atoms with Crippen LogP contribution in [0.1, 0.15) is 27.7 Å². The van der Waals surface area contributed by atoms with Gasteiger partial charge in [0.15, 0.2) is 6.10 Å². The molecule has 7 nitrogen and oxygen atoms in total. The maximum atomic E-state index is 11.3. The Morgan fingerprint density at radius 1 is 1.00 bits per heavy atom. The van der Waals surface area contributed by atoms with Crippen LogP contribution in [0.3, 0.4) is 0 Å². The Balaban J connectivity index is 4.10. The highest BCUT2D eigenvalue weighted by atomic mass is 16.8. The molecule has 0 aliphatic heterocycles. The van der Waals surface area contributed by atoms with E-state index in [-0.39, 0.29) is 5.92 Å². The normalized spacial score (nSPS) is 15.9. The van der Waals surface area contributed by atoms with Gasteiger partial charge in [0.25, 0.3) is 0 Å². The number of aliphatic hydroxyl groups is 1. The van der Waals surface area contributed by atoms with Gasteiger partial charge in [0.2, 0.25) is 6.29 Å². The molecular formula is C11H20O7. The summed E-state index contributed by atoms with van der Waals surface area (Å²) in [6, 6.07) is 0. The molecule has 0 amide bonds. The molecule has 7 heteroatoms. The average Bonchev–Trinajstić information content (AvgIpc) is 2.27. The number of hydrogen-bond donors (Lipinski definition) is 1. The van der Waals surface area contributed by atoms with Crippen molar-refractivity contribution in [2.45, 2.75) is 46.6 Å². The first-order chi connectivity index (χ1) is 8.27. The number of methoxy groups -OCH3 is 1. The largest absolute Gasteiger partial charge is 0.436 e. The molecule has 0 heterocycles. The van der Waals surface area contributed by atoms with Crippen molar-refractivity contribution in [2.75, 3.05) is 7.11 Å². The van der Waals surface area contributed by atoms with Gasteiger partial charge in [0.05, 0.1) is 5.92 Å². The quantitative estimate of drug-likeness (QED) is 0.525. The van der Waals surface area contributed by atoms with Crippen LogP contribution >= 0.6 is 0 Å². The molecule has 0 saturated carbocycles. The van der Waals surface area contributed by atoms with E-state index < -0.39 is 30.8 Å². The van der Waals surface area contributed by atoms with E-state index in [9.17, 15) is 9.59 Å². The predicted octanol–water partition coefficient (Wildman–Crippen LogP) is 0.402. The molecule has 106 valence electrons. The lowest BCUT2D eigenvalue weighted by Crippen LogP contribution is -2.33. The smallest absolute Gasteiger partial charge is 0.339 e. The molecule has 1 N–H and O–H groups in total. The van der Waals surface area contributed by atoms with E-state index in [2.05, 4.69) is 9.47 Å². The Morgan fingerprint density at radius 2 is 1.56 bits per heavy atom. The summed E-state index contributed by atoms with van der Waals surface area (Å²) in [5, 5.41) is 8.92. The van der Waals surface area contributed by atoms with Crippen molar-refractivity contribution in [2.24, 2.45) is 5.92 Å². The first-order valence-corrected chi connectivity index (χ1v) is 5.55. The van der Waals surface area contributed by atoms with E-state index in [0.717, 1.165) is 0 Å². The lowest BCUT2D eigenvalue weighted by Gasteiger charge is -2.20. The third-order valence-corrected chi connectivity index (χ3v) is 1.90. The second-order valence-electron chi connectivity index (χ2n) is 3.92. The molecule has 0 aromatic heterocycles. The monoisotopic (exact) mass is 264 g/mol. The number of esters is 2. The van der Waals surface area contributed by atoms with Crippen molar-refractivity contribution >= 4 is 11.9 Å². The van der Waals surface area contributed by atoms with Crippen LogP contribution in [-0.2, 0) is 28.5 Å². The summed E-state index contributed by atoms with van der Waals surface area (Å²) < 4.78 is 18.8. The van der Waals surface area contributed by atoms with Crippen LogP contribution in [0.15, 0.2) is 0 Å². The molecule has 0 aliphatic carbocycles. The molecule has 3 unspecified atom stereocenters. The molecular weight excluding hydrogens is 244 g/mol. The Morgan fingerprint density at radius 3 is 2.00 bits per heavy atom. The molecule has 3 atom stereocenters. The number of carbonyl (C=O) groups excluding carboxylic acids is 2. The Labute approximate surface area is 106 Å². The van der Waals surface area contributed by atoms with E-state index in [4.69, 9.17) is 14.6 Å². The van der Waals surface area contributed by atoms with Gasteiger partial charge in [0, 0.05) is 7.11 Å². The Kier molecular flexibility index (Phi) is 7.49. The second-order valence-corrected chi connectivity index (χ2v) is 3.92. The van der Waals surface area contributed by atoms with Crippen LogP contribution in [0.2, 0.25) is 0 Å². The zero-order chi connectivity index (χ0) is 14.3. The highest BCUT2D eigenvalue weighted by Gasteiger charge is 2.23. The minimum absolute atomic E-state index is 0.284. The molecule has 18 heavy (non-hydrogen) atoms. The second kappa shape index (κ2) is 8.02. The fourth-order valence-corrected chi connectivity index (χ4v) is 0.914. The fraction of sp³-hybridized carbons (Fsp3) is 0.818. The van der Waals surface area contributed by atoms with Crippen LogP contribution in [0, 0.1) is 5.92 Å². The third-order valence-electron chi connectivity index (χ3n) is 1.90. The topological polar surface area (TPSA) is 91.3 Å². The van der Waals surface area contributed by atoms with Crippen molar-refractivity contribution in [3.63, 3.8) is 0 Å². The summed E-state index contributed by atoms with van der Waals surface area (Å²) in [5.41, 5.74) is 0. The molecule has 0 rings (SSSR count). The van der Waals surface area contributed by atoms with Crippen LogP contribution in [0.25, 0.3) is 0 Å². The average molecular weight is 264 g/mol. The van der Waals surface area contributed by atoms with E-state index in [1.54, 1.807) is 13.8 Å². The van der Waals surface area contributed by atoms with E-state index >= 15 is 0 Å². The summed E-state index contributed by atoms with van der Waals surface area (Å²) in [7, 11) is 1.18. The minimum Gasteiger partial charge on any atom is -0.436 e. The maximum Gasteiger partial charge on any atom is 0.339 e. The first kappa shape index (κ1) is 16.8. The van der Waals surface area contributed by atoms with Crippen LogP contribution in [0.5, 0.6) is 0 Å². The SMILES string of the molecule is COC(O)OC(=O)C(C)OC(C)OC(=O)C(C)C. The van der Waals surface area contributed by atoms with E-state index in [0.29, 0.717) is 0 Å². The summed E-state index contributed by atoms with van der Waals surface area (Å²) in [4.78, 5) is 22.6. The molecule has 0 fully saturated rings. The van der Waals surface area contributed by atoms with Crippen molar-refractivity contribution in [1.82, 2.24) is 0 Å². The van der Waals surface area contributed by atoms with Gasteiger partial charge in [-0.3, -0.25) is 4.79 Å². The number of carbonyl (C=O) groups is 2. The molecule has 0 spiro atoms.